The van der Waals surface area contributed by atoms with Crippen molar-refractivity contribution in [3.63, 3.8) is 0 Å². The number of likely N-dealkylation sites (tertiary alicyclic amines) is 1. The van der Waals surface area contributed by atoms with E-state index >= 15 is 0 Å². The average molecular weight is 448 g/mol. The van der Waals surface area contributed by atoms with Gasteiger partial charge in [0.1, 0.15) is 11.5 Å². The second-order valence-electron chi connectivity index (χ2n) is 9.21. The van der Waals surface area contributed by atoms with Crippen molar-refractivity contribution in [2.45, 2.75) is 45.3 Å². The van der Waals surface area contributed by atoms with Crippen LogP contribution in [0.15, 0.2) is 71.4 Å². The van der Waals surface area contributed by atoms with Gasteiger partial charge in [0.15, 0.2) is 0 Å². The van der Waals surface area contributed by atoms with Crippen LogP contribution in [-0.4, -0.2) is 54.2 Å². The maximum Gasteiger partial charge on any atom is 0.118 e. The molecule has 1 fully saturated rings. The molecule has 1 saturated heterocycles. The van der Waals surface area contributed by atoms with Crippen LogP contribution in [-0.2, 0) is 24.2 Å². The number of aryl methyl sites for hydroxylation is 1. The third-order valence-corrected chi connectivity index (χ3v) is 6.80. The van der Waals surface area contributed by atoms with E-state index in [9.17, 15) is 0 Å². The van der Waals surface area contributed by atoms with Crippen molar-refractivity contribution in [2.75, 3.05) is 33.4 Å². The molecule has 1 unspecified atom stereocenters. The van der Waals surface area contributed by atoms with E-state index in [1.54, 1.807) is 7.11 Å². The molecule has 0 N–H and O–H groups in total. The molecule has 3 aromatic rings. The summed E-state index contributed by atoms with van der Waals surface area (Å²) in [5.74, 6) is 2.71. The molecule has 5 nitrogen and oxygen atoms in total. The maximum absolute atomic E-state index is 5.82. The van der Waals surface area contributed by atoms with E-state index in [1.165, 1.54) is 24.0 Å². The lowest BCUT2D eigenvalue weighted by Gasteiger charge is -2.41. The lowest BCUT2D eigenvalue weighted by molar-refractivity contribution is 0.0557. The number of hydrogen-bond acceptors (Lipinski definition) is 5. The maximum atomic E-state index is 5.82. The Kier molecular flexibility index (Phi) is 8.70. The van der Waals surface area contributed by atoms with Gasteiger partial charge in [-0.15, -0.1) is 0 Å². The summed E-state index contributed by atoms with van der Waals surface area (Å²) in [5.41, 5.74) is 2.67. The zero-order valence-corrected chi connectivity index (χ0v) is 20.0. The number of methoxy groups -OCH3 is 1. The summed E-state index contributed by atoms with van der Waals surface area (Å²) in [5, 5.41) is 0. The summed E-state index contributed by atoms with van der Waals surface area (Å²) in [6.45, 7) is 7.72. The van der Waals surface area contributed by atoms with E-state index in [1.807, 2.05) is 25.4 Å². The summed E-state index contributed by atoms with van der Waals surface area (Å²) in [6.07, 6.45) is 7.31. The van der Waals surface area contributed by atoms with Crippen molar-refractivity contribution in [2.24, 2.45) is 5.92 Å². The van der Waals surface area contributed by atoms with Crippen LogP contribution in [0.1, 0.15) is 35.5 Å². The van der Waals surface area contributed by atoms with Crippen LogP contribution in [0.2, 0.25) is 0 Å². The number of hydrogen-bond donors (Lipinski definition) is 0. The van der Waals surface area contributed by atoms with Gasteiger partial charge in [-0.3, -0.25) is 14.8 Å². The van der Waals surface area contributed by atoms with Gasteiger partial charge in [-0.2, -0.15) is 0 Å². The van der Waals surface area contributed by atoms with Gasteiger partial charge in [-0.25, -0.2) is 0 Å². The molecule has 176 valence electrons. The van der Waals surface area contributed by atoms with Gasteiger partial charge in [-0.05, 0) is 74.5 Å². The second kappa shape index (κ2) is 12.1. The molecule has 5 heteroatoms. The van der Waals surface area contributed by atoms with Gasteiger partial charge in [0.2, 0.25) is 0 Å². The van der Waals surface area contributed by atoms with Gasteiger partial charge >= 0.3 is 0 Å². The van der Waals surface area contributed by atoms with Gasteiger partial charge in [0.25, 0.3) is 0 Å². The van der Waals surface area contributed by atoms with Crippen molar-refractivity contribution >= 4 is 0 Å². The molecule has 4 rings (SSSR count). The summed E-state index contributed by atoms with van der Waals surface area (Å²) in [7, 11) is 1.79. The largest absolute Gasteiger partial charge is 0.465 e. The minimum Gasteiger partial charge on any atom is -0.465 e. The highest BCUT2D eigenvalue weighted by atomic mass is 16.5. The molecule has 2 aromatic heterocycles. The summed E-state index contributed by atoms with van der Waals surface area (Å²) < 4.78 is 11.3. The van der Waals surface area contributed by atoms with Crippen molar-refractivity contribution in [1.82, 2.24) is 14.8 Å². The van der Waals surface area contributed by atoms with E-state index in [-0.39, 0.29) is 0 Å². The average Bonchev–Trinajstić information content (AvgIpc) is 3.26. The molecular formula is C28H37N3O2. The lowest BCUT2D eigenvalue weighted by Crippen LogP contribution is -2.47. The highest BCUT2D eigenvalue weighted by molar-refractivity contribution is 5.17. The fourth-order valence-corrected chi connectivity index (χ4v) is 5.03. The topological polar surface area (TPSA) is 41.7 Å². The first-order valence-corrected chi connectivity index (χ1v) is 12.1. The second-order valence-corrected chi connectivity index (χ2v) is 9.21. The van der Waals surface area contributed by atoms with Crippen molar-refractivity contribution in [3.8, 4) is 0 Å². The Morgan fingerprint density at radius 3 is 2.52 bits per heavy atom. The zero-order chi connectivity index (χ0) is 22.9. The van der Waals surface area contributed by atoms with Gasteiger partial charge < -0.3 is 9.15 Å². The molecule has 0 saturated carbocycles. The lowest BCUT2D eigenvalue weighted by atomic mass is 9.84. The molecular weight excluding hydrogens is 410 g/mol. The molecule has 0 spiro atoms. The Bertz CT molecular complexity index is 936. The molecule has 0 radical (unpaired) electrons. The first-order valence-electron chi connectivity index (χ1n) is 12.1. The number of pyridine rings is 1. The molecule has 3 heterocycles. The highest BCUT2D eigenvalue weighted by Crippen LogP contribution is 2.29. The van der Waals surface area contributed by atoms with Crippen LogP contribution in [0.4, 0.5) is 0 Å². The Labute approximate surface area is 198 Å². The fraction of sp³-hybridized carbons (Fsp3) is 0.464. The fourth-order valence-electron chi connectivity index (χ4n) is 5.03. The Balaban J connectivity index is 1.48. The van der Waals surface area contributed by atoms with Gasteiger partial charge in [0.05, 0.1) is 13.2 Å². The van der Waals surface area contributed by atoms with Crippen LogP contribution in [0.3, 0.4) is 0 Å². The van der Waals surface area contributed by atoms with E-state index in [0.717, 1.165) is 57.3 Å². The zero-order valence-electron chi connectivity index (χ0n) is 20.0. The smallest absolute Gasteiger partial charge is 0.118 e. The van der Waals surface area contributed by atoms with Gasteiger partial charge in [0, 0.05) is 38.6 Å². The predicted molar refractivity (Wildman–Crippen MR) is 132 cm³/mol. The molecule has 1 aliphatic rings. The number of nitrogens with zero attached hydrogens (tertiary/aromatic N) is 3. The number of ether oxygens (including phenoxy) is 1. The number of furan rings is 1. The Morgan fingerprint density at radius 2 is 1.85 bits per heavy atom. The molecule has 0 amide bonds. The Hall–Kier alpha value is -2.47. The van der Waals surface area contributed by atoms with E-state index in [0.29, 0.717) is 12.0 Å². The van der Waals surface area contributed by atoms with E-state index in [4.69, 9.17) is 9.15 Å². The van der Waals surface area contributed by atoms with Crippen LogP contribution < -0.4 is 0 Å². The summed E-state index contributed by atoms with van der Waals surface area (Å²) >= 11 is 0. The number of piperidine rings is 1. The monoisotopic (exact) mass is 447 g/mol. The standard InChI is InChI=1S/C28H37N3O2/c1-23-10-11-27(33-23)22-30-15-12-26(13-16-30)28(19-24-7-4-3-5-8-24)31(17-18-32-2)21-25-9-6-14-29-20-25/h3-11,14,20,26,28H,12-13,15-19,21-22H2,1-2H3. The van der Waals surface area contributed by atoms with Gasteiger partial charge in [-0.1, -0.05) is 36.4 Å². The molecule has 0 bridgehead atoms. The molecule has 1 aromatic carbocycles. The van der Waals surface area contributed by atoms with Crippen molar-refractivity contribution in [3.05, 3.63) is 89.6 Å². The minimum atomic E-state index is 0.468. The Morgan fingerprint density at radius 1 is 1.06 bits per heavy atom. The van der Waals surface area contributed by atoms with Crippen molar-refractivity contribution < 1.29 is 9.15 Å². The third kappa shape index (κ3) is 7.00. The number of benzene rings is 1. The first-order chi connectivity index (χ1) is 16.2. The normalized spacial score (nSPS) is 16.3. The van der Waals surface area contributed by atoms with Crippen LogP contribution in [0, 0.1) is 12.8 Å². The third-order valence-electron chi connectivity index (χ3n) is 6.80. The quantitative estimate of drug-likeness (QED) is 0.416. The molecule has 0 aliphatic carbocycles. The predicted octanol–water partition coefficient (Wildman–Crippen LogP) is 4.95. The first kappa shape index (κ1) is 23.7. The SMILES string of the molecule is COCCN(Cc1cccnc1)C(Cc1ccccc1)C1CCN(Cc2ccc(C)o2)CC1. The molecule has 1 aliphatic heterocycles. The van der Waals surface area contributed by atoms with Crippen molar-refractivity contribution in [1.29, 1.82) is 0 Å². The minimum absolute atomic E-state index is 0.468. The molecule has 33 heavy (non-hydrogen) atoms. The number of aromatic nitrogens is 1. The number of rotatable bonds is 11. The van der Waals surface area contributed by atoms with E-state index in [2.05, 4.69) is 63.3 Å². The van der Waals surface area contributed by atoms with Crippen LogP contribution in [0.5, 0.6) is 0 Å². The van der Waals surface area contributed by atoms with Crippen LogP contribution >= 0.6 is 0 Å². The summed E-state index contributed by atoms with van der Waals surface area (Å²) in [4.78, 5) is 9.52. The highest BCUT2D eigenvalue weighted by Gasteiger charge is 2.31. The summed E-state index contributed by atoms with van der Waals surface area (Å²) in [6, 6.07) is 19.8. The molecule has 1 atom stereocenters. The van der Waals surface area contributed by atoms with E-state index < -0.39 is 0 Å². The van der Waals surface area contributed by atoms with Crippen LogP contribution in [0.25, 0.3) is 0 Å².